The van der Waals surface area contributed by atoms with E-state index >= 15 is 0 Å². The molecule has 2 heterocycles. The number of hydrogen-bond acceptors (Lipinski definition) is 7. The first-order chi connectivity index (χ1) is 13.1. The van der Waals surface area contributed by atoms with E-state index in [2.05, 4.69) is 15.1 Å². The fraction of sp³-hybridized carbons (Fsp3) is 0.158. The SMILES string of the molecule is COc1ccc(-c2noc(C3C=Nc4ccc(F)cc4C3=O)n2)cc1OC. The second-order valence-corrected chi connectivity index (χ2v) is 5.81. The van der Waals surface area contributed by atoms with Crippen molar-refractivity contribution in [3.8, 4) is 22.9 Å². The Hall–Kier alpha value is -3.55. The van der Waals surface area contributed by atoms with E-state index in [0.717, 1.165) is 6.07 Å². The van der Waals surface area contributed by atoms with Crippen LogP contribution in [0, 0.1) is 5.82 Å². The quantitative estimate of drug-likeness (QED) is 0.701. The van der Waals surface area contributed by atoms with Crippen LogP contribution in [0.4, 0.5) is 10.1 Å². The van der Waals surface area contributed by atoms with E-state index in [9.17, 15) is 9.18 Å². The Kier molecular flexibility index (Phi) is 4.15. The van der Waals surface area contributed by atoms with Gasteiger partial charge in [-0.1, -0.05) is 5.16 Å². The molecular weight excluding hydrogens is 353 g/mol. The molecule has 0 saturated carbocycles. The summed E-state index contributed by atoms with van der Waals surface area (Å²) in [7, 11) is 3.07. The molecule has 4 rings (SSSR count). The smallest absolute Gasteiger partial charge is 0.243 e. The molecule has 7 nitrogen and oxygen atoms in total. The lowest BCUT2D eigenvalue weighted by atomic mass is 9.94. The molecule has 2 aromatic carbocycles. The third-order valence-electron chi connectivity index (χ3n) is 4.22. The van der Waals surface area contributed by atoms with Crippen molar-refractivity contribution in [3.63, 3.8) is 0 Å². The topological polar surface area (TPSA) is 86.8 Å². The minimum absolute atomic E-state index is 0.0865. The van der Waals surface area contributed by atoms with E-state index in [0.29, 0.717) is 22.7 Å². The highest BCUT2D eigenvalue weighted by Gasteiger charge is 2.31. The monoisotopic (exact) mass is 367 g/mol. The highest BCUT2D eigenvalue weighted by atomic mass is 19.1. The fourth-order valence-corrected chi connectivity index (χ4v) is 2.84. The Labute approximate surface area is 153 Å². The summed E-state index contributed by atoms with van der Waals surface area (Å²) in [4.78, 5) is 21.2. The molecule has 27 heavy (non-hydrogen) atoms. The number of ketones is 1. The number of benzene rings is 2. The van der Waals surface area contributed by atoms with Crippen molar-refractivity contribution >= 4 is 17.7 Å². The number of fused-ring (bicyclic) bond motifs is 1. The molecule has 0 saturated heterocycles. The average molecular weight is 367 g/mol. The van der Waals surface area contributed by atoms with Gasteiger partial charge >= 0.3 is 0 Å². The third-order valence-corrected chi connectivity index (χ3v) is 4.22. The Morgan fingerprint density at radius 3 is 2.67 bits per heavy atom. The second-order valence-electron chi connectivity index (χ2n) is 5.81. The molecule has 1 aromatic heterocycles. The van der Waals surface area contributed by atoms with Gasteiger partial charge in [-0.25, -0.2) is 4.39 Å². The van der Waals surface area contributed by atoms with Crippen LogP contribution in [0.2, 0.25) is 0 Å². The first kappa shape index (κ1) is 16.9. The Bertz CT molecular complexity index is 1060. The molecule has 1 unspecified atom stereocenters. The van der Waals surface area contributed by atoms with Crippen LogP contribution >= 0.6 is 0 Å². The molecule has 136 valence electrons. The van der Waals surface area contributed by atoms with Gasteiger partial charge < -0.3 is 14.0 Å². The lowest BCUT2D eigenvalue weighted by Gasteiger charge is -2.14. The van der Waals surface area contributed by atoms with Gasteiger partial charge in [-0.15, -0.1) is 0 Å². The summed E-state index contributed by atoms with van der Waals surface area (Å²) in [5.74, 6) is -0.253. The number of aromatic nitrogens is 2. The zero-order chi connectivity index (χ0) is 19.0. The van der Waals surface area contributed by atoms with Crippen molar-refractivity contribution in [2.45, 2.75) is 5.92 Å². The summed E-state index contributed by atoms with van der Waals surface area (Å²) in [6.07, 6.45) is 1.43. The first-order valence-electron chi connectivity index (χ1n) is 8.04. The van der Waals surface area contributed by atoms with Crippen molar-refractivity contribution in [2.24, 2.45) is 4.99 Å². The Morgan fingerprint density at radius 1 is 1.07 bits per heavy atom. The number of nitrogens with zero attached hydrogens (tertiary/aromatic N) is 3. The van der Waals surface area contributed by atoms with Gasteiger partial charge in [0.05, 0.1) is 19.9 Å². The number of methoxy groups -OCH3 is 2. The van der Waals surface area contributed by atoms with Crippen LogP contribution in [0.15, 0.2) is 45.9 Å². The molecule has 0 spiro atoms. The molecule has 1 aliphatic rings. The Morgan fingerprint density at radius 2 is 1.89 bits per heavy atom. The van der Waals surface area contributed by atoms with Crippen LogP contribution < -0.4 is 9.47 Å². The van der Waals surface area contributed by atoms with Crippen LogP contribution in [0.3, 0.4) is 0 Å². The van der Waals surface area contributed by atoms with Crippen LogP contribution in [-0.4, -0.2) is 36.4 Å². The van der Waals surface area contributed by atoms with E-state index in [1.807, 2.05) is 0 Å². The van der Waals surface area contributed by atoms with Gasteiger partial charge in [0.15, 0.2) is 17.3 Å². The summed E-state index contributed by atoms with van der Waals surface area (Å²) < 4.78 is 29.2. The van der Waals surface area contributed by atoms with E-state index in [1.54, 1.807) is 25.3 Å². The van der Waals surface area contributed by atoms with Crippen molar-refractivity contribution in [3.05, 3.63) is 53.7 Å². The predicted octanol–water partition coefficient (Wildman–Crippen LogP) is 3.58. The Balaban J connectivity index is 1.67. The molecule has 1 aliphatic heterocycles. The summed E-state index contributed by atoms with van der Waals surface area (Å²) in [5.41, 5.74) is 1.24. The van der Waals surface area contributed by atoms with Gasteiger partial charge in [-0.3, -0.25) is 9.79 Å². The van der Waals surface area contributed by atoms with Gasteiger partial charge in [0.2, 0.25) is 11.7 Å². The maximum Gasteiger partial charge on any atom is 0.243 e. The van der Waals surface area contributed by atoms with Gasteiger partial charge in [0, 0.05) is 17.3 Å². The largest absolute Gasteiger partial charge is 0.493 e. The maximum atomic E-state index is 13.5. The molecule has 0 fully saturated rings. The van der Waals surface area contributed by atoms with Crippen LogP contribution in [0.5, 0.6) is 11.5 Å². The number of halogens is 1. The zero-order valence-electron chi connectivity index (χ0n) is 14.5. The predicted molar refractivity (Wildman–Crippen MR) is 94.5 cm³/mol. The van der Waals surface area contributed by atoms with E-state index in [1.165, 1.54) is 25.5 Å². The lowest BCUT2D eigenvalue weighted by Crippen LogP contribution is -2.18. The van der Waals surface area contributed by atoms with Crippen LogP contribution in [0.1, 0.15) is 22.2 Å². The van der Waals surface area contributed by atoms with Crippen molar-refractivity contribution < 1.29 is 23.2 Å². The minimum atomic E-state index is -0.860. The minimum Gasteiger partial charge on any atom is -0.493 e. The fourth-order valence-electron chi connectivity index (χ4n) is 2.84. The standard InChI is InChI=1S/C19H14FN3O4/c1-25-15-6-3-10(7-16(15)26-2)18-22-19(27-23-18)13-9-21-14-5-4-11(20)8-12(14)17(13)24/h3-9,13H,1-2H3. The van der Waals surface area contributed by atoms with E-state index in [4.69, 9.17) is 14.0 Å². The number of rotatable bonds is 4. The number of ether oxygens (including phenoxy) is 2. The summed E-state index contributed by atoms with van der Waals surface area (Å²) >= 11 is 0. The highest BCUT2D eigenvalue weighted by molar-refractivity contribution is 6.15. The van der Waals surface area contributed by atoms with Gasteiger partial charge in [0.1, 0.15) is 11.7 Å². The normalized spacial score (nSPS) is 15.5. The van der Waals surface area contributed by atoms with Crippen molar-refractivity contribution in [2.75, 3.05) is 14.2 Å². The van der Waals surface area contributed by atoms with Crippen LogP contribution in [-0.2, 0) is 0 Å². The van der Waals surface area contributed by atoms with Crippen molar-refractivity contribution in [1.82, 2.24) is 10.1 Å². The molecule has 0 amide bonds. The number of carbonyl (C=O) groups is 1. The molecular formula is C19H14FN3O4. The highest BCUT2D eigenvalue weighted by Crippen LogP contribution is 2.34. The number of aliphatic imine (C=N–C) groups is 1. The van der Waals surface area contributed by atoms with Gasteiger partial charge in [0.25, 0.3) is 0 Å². The van der Waals surface area contributed by atoms with Gasteiger partial charge in [-0.2, -0.15) is 4.98 Å². The van der Waals surface area contributed by atoms with E-state index < -0.39 is 11.7 Å². The number of hydrogen-bond donors (Lipinski definition) is 0. The average Bonchev–Trinajstić information content (AvgIpc) is 3.18. The number of carbonyl (C=O) groups excluding carboxylic acids is 1. The lowest BCUT2D eigenvalue weighted by molar-refractivity contribution is 0.0971. The molecule has 3 aromatic rings. The molecule has 0 aliphatic carbocycles. The molecule has 1 atom stereocenters. The molecule has 0 N–H and O–H groups in total. The maximum absolute atomic E-state index is 13.5. The van der Waals surface area contributed by atoms with Gasteiger partial charge in [-0.05, 0) is 36.4 Å². The van der Waals surface area contributed by atoms with Crippen molar-refractivity contribution in [1.29, 1.82) is 0 Å². The zero-order valence-corrected chi connectivity index (χ0v) is 14.5. The summed E-state index contributed by atoms with van der Waals surface area (Å²) in [6.45, 7) is 0. The molecule has 0 bridgehead atoms. The van der Waals surface area contributed by atoms with E-state index in [-0.39, 0.29) is 23.1 Å². The second kappa shape index (κ2) is 6.64. The summed E-state index contributed by atoms with van der Waals surface area (Å²) in [5, 5.41) is 3.93. The molecule has 0 radical (unpaired) electrons. The third kappa shape index (κ3) is 2.95. The van der Waals surface area contributed by atoms with Crippen LogP contribution in [0.25, 0.3) is 11.4 Å². The first-order valence-corrected chi connectivity index (χ1v) is 8.04. The molecule has 8 heteroatoms. The summed E-state index contributed by atoms with van der Waals surface area (Å²) in [6, 6.07) is 9.04. The number of Topliss-reactive ketones (excluding diaryl/α,β-unsaturated/α-hetero) is 1.